The number of piperazine rings is 1. The summed E-state index contributed by atoms with van der Waals surface area (Å²) in [6, 6.07) is 17.8. The zero-order valence-corrected chi connectivity index (χ0v) is 16.7. The minimum Gasteiger partial charge on any atom is -0.331 e. The summed E-state index contributed by atoms with van der Waals surface area (Å²) in [6.45, 7) is 4.47. The lowest BCUT2D eigenvalue weighted by Crippen LogP contribution is -3.13. The van der Waals surface area contributed by atoms with Crippen molar-refractivity contribution in [2.75, 3.05) is 26.2 Å². The van der Waals surface area contributed by atoms with Gasteiger partial charge < -0.3 is 9.80 Å². The molecule has 0 bridgehead atoms. The highest BCUT2D eigenvalue weighted by Gasteiger charge is 2.48. The van der Waals surface area contributed by atoms with Gasteiger partial charge in [0.15, 0.2) is 0 Å². The molecule has 1 saturated heterocycles. The maximum Gasteiger partial charge on any atom is 0.233 e. The number of nitrogens with one attached hydrogen (secondary N) is 1. The van der Waals surface area contributed by atoms with Crippen molar-refractivity contribution >= 4 is 17.5 Å². The first-order valence-corrected chi connectivity index (χ1v) is 10.4. The first kappa shape index (κ1) is 19.0. The van der Waals surface area contributed by atoms with Crippen LogP contribution in [-0.2, 0) is 16.8 Å². The van der Waals surface area contributed by atoms with Crippen molar-refractivity contribution in [1.29, 1.82) is 5.26 Å². The quantitative estimate of drug-likeness (QED) is 0.866. The number of hydrogen-bond donors (Lipinski definition) is 1. The minimum atomic E-state index is -0.338. The lowest BCUT2D eigenvalue weighted by Gasteiger charge is -2.45. The van der Waals surface area contributed by atoms with Crippen molar-refractivity contribution in [3.8, 4) is 6.07 Å². The molecule has 2 aromatic rings. The van der Waals surface area contributed by atoms with Gasteiger partial charge in [0.25, 0.3) is 0 Å². The largest absolute Gasteiger partial charge is 0.331 e. The van der Waals surface area contributed by atoms with Crippen LogP contribution in [0.2, 0.25) is 5.02 Å². The molecule has 1 saturated carbocycles. The number of rotatable bonds is 4. The molecule has 2 aromatic carbocycles. The maximum atomic E-state index is 13.4. The van der Waals surface area contributed by atoms with E-state index in [-0.39, 0.29) is 5.41 Å². The van der Waals surface area contributed by atoms with E-state index < -0.39 is 0 Å². The van der Waals surface area contributed by atoms with Crippen molar-refractivity contribution in [3.05, 3.63) is 70.2 Å². The summed E-state index contributed by atoms with van der Waals surface area (Å²) >= 11 is 6.04. The van der Waals surface area contributed by atoms with E-state index >= 15 is 0 Å². The average Bonchev–Trinajstić information content (AvgIpc) is 2.69. The average molecular weight is 395 g/mol. The number of hydrogen-bond acceptors (Lipinski definition) is 2. The Labute approximate surface area is 171 Å². The summed E-state index contributed by atoms with van der Waals surface area (Å²) in [7, 11) is 0. The molecular weight excluding hydrogens is 370 g/mol. The molecular formula is C23H25ClN3O+. The van der Waals surface area contributed by atoms with Crippen LogP contribution in [0, 0.1) is 11.3 Å². The Kier molecular flexibility index (Phi) is 5.39. The smallest absolute Gasteiger partial charge is 0.233 e. The van der Waals surface area contributed by atoms with E-state index in [2.05, 4.69) is 11.0 Å². The van der Waals surface area contributed by atoms with Gasteiger partial charge in [0.05, 0.1) is 43.2 Å². The predicted molar refractivity (Wildman–Crippen MR) is 109 cm³/mol. The molecule has 2 fully saturated rings. The standard InChI is InChI=1S/C23H24ClN3O/c24-21-8-6-20(7-9-21)23(10-1-11-23)22(28)27-14-12-26(13-15-27)17-19-4-2-18(16-25)3-5-19/h2-9H,1,10-15,17H2/p+1. The highest BCUT2D eigenvalue weighted by Crippen LogP contribution is 2.45. The maximum absolute atomic E-state index is 13.4. The second kappa shape index (κ2) is 7.95. The fraction of sp³-hybridized carbons (Fsp3) is 0.391. The van der Waals surface area contributed by atoms with Crippen molar-refractivity contribution < 1.29 is 9.69 Å². The van der Waals surface area contributed by atoms with E-state index in [1.165, 1.54) is 10.5 Å². The molecule has 1 N–H and O–H groups in total. The van der Waals surface area contributed by atoms with E-state index in [4.69, 9.17) is 16.9 Å². The molecule has 1 amide bonds. The Morgan fingerprint density at radius 1 is 1.07 bits per heavy atom. The van der Waals surface area contributed by atoms with Crippen LogP contribution in [0.1, 0.15) is 36.0 Å². The third-order valence-electron chi connectivity index (χ3n) is 6.31. The Balaban J connectivity index is 1.38. The van der Waals surface area contributed by atoms with E-state index in [0.717, 1.165) is 57.5 Å². The Bertz CT molecular complexity index is 874. The van der Waals surface area contributed by atoms with Gasteiger partial charge in [-0.25, -0.2) is 0 Å². The SMILES string of the molecule is N#Cc1ccc(C[NH+]2CCN(C(=O)C3(c4ccc(Cl)cc4)CCC3)CC2)cc1. The van der Waals surface area contributed by atoms with Gasteiger partial charge >= 0.3 is 0 Å². The van der Waals surface area contributed by atoms with Gasteiger partial charge in [-0.15, -0.1) is 0 Å². The molecule has 4 nitrogen and oxygen atoms in total. The molecule has 0 unspecified atom stereocenters. The van der Waals surface area contributed by atoms with Crippen LogP contribution >= 0.6 is 11.6 Å². The zero-order chi connectivity index (χ0) is 19.6. The van der Waals surface area contributed by atoms with Gasteiger partial charge in [-0.05, 0) is 42.7 Å². The molecule has 0 spiro atoms. The monoisotopic (exact) mass is 394 g/mol. The Morgan fingerprint density at radius 2 is 1.71 bits per heavy atom. The van der Waals surface area contributed by atoms with Gasteiger partial charge in [0.1, 0.15) is 6.54 Å². The first-order chi connectivity index (χ1) is 13.6. The van der Waals surface area contributed by atoms with Gasteiger partial charge in [0, 0.05) is 10.6 Å². The highest BCUT2D eigenvalue weighted by atomic mass is 35.5. The molecule has 2 aliphatic rings. The summed E-state index contributed by atoms with van der Waals surface area (Å²) in [5.74, 6) is 0.290. The first-order valence-electron chi connectivity index (χ1n) is 9.99. The van der Waals surface area contributed by atoms with Crippen molar-refractivity contribution in [3.63, 3.8) is 0 Å². The van der Waals surface area contributed by atoms with Crippen LogP contribution in [0.4, 0.5) is 0 Å². The summed E-state index contributed by atoms with van der Waals surface area (Å²) in [5.41, 5.74) is 2.71. The lowest BCUT2D eigenvalue weighted by atomic mass is 9.63. The van der Waals surface area contributed by atoms with Gasteiger partial charge in [-0.3, -0.25) is 4.79 Å². The number of halogens is 1. The molecule has 0 atom stereocenters. The van der Waals surface area contributed by atoms with E-state index in [0.29, 0.717) is 16.5 Å². The second-order valence-corrected chi connectivity index (χ2v) is 8.41. The summed E-state index contributed by atoms with van der Waals surface area (Å²) < 4.78 is 0. The number of carbonyl (C=O) groups is 1. The van der Waals surface area contributed by atoms with E-state index in [9.17, 15) is 4.79 Å². The summed E-state index contributed by atoms with van der Waals surface area (Å²) in [5, 5.41) is 9.63. The minimum absolute atomic E-state index is 0.290. The zero-order valence-electron chi connectivity index (χ0n) is 16.0. The molecule has 1 heterocycles. The van der Waals surface area contributed by atoms with Crippen LogP contribution < -0.4 is 4.90 Å². The third kappa shape index (κ3) is 3.65. The van der Waals surface area contributed by atoms with Crippen LogP contribution in [0.5, 0.6) is 0 Å². The fourth-order valence-corrected chi connectivity index (χ4v) is 4.54. The molecule has 1 aliphatic carbocycles. The van der Waals surface area contributed by atoms with Crippen molar-refractivity contribution in [2.45, 2.75) is 31.2 Å². The normalized spacial score (nSPS) is 18.9. The molecule has 0 aromatic heterocycles. The number of amides is 1. The molecule has 5 heteroatoms. The number of nitrogens with zero attached hydrogens (tertiary/aromatic N) is 2. The van der Waals surface area contributed by atoms with Crippen LogP contribution in [0.15, 0.2) is 48.5 Å². The lowest BCUT2D eigenvalue weighted by molar-refractivity contribution is -0.917. The van der Waals surface area contributed by atoms with Crippen LogP contribution in [-0.4, -0.2) is 37.0 Å². The fourth-order valence-electron chi connectivity index (χ4n) is 4.42. The molecule has 28 heavy (non-hydrogen) atoms. The van der Waals surface area contributed by atoms with Crippen LogP contribution in [0.25, 0.3) is 0 Å². The predicted octanol–water partition coefficient (Wildman–Crippen LogP) is 2.56. The summed E-state index contributed by atoms with van der Waals surface area (Å²) in [4.78, 5) is 16.9. The Morgan fingerprint density at radius 3 is 2.25 bits per heavy atom. The highest BCUT2D eigenvalue weighted by molar-refractivity contribution is 6.30. The third-order valence-corrected chi connectivity index (χ3v) is 6.56. The Hall–Kier alpha value is -2.35. The molecule has 0 radical (unpaired) electrons. The van der Waals surface area contributed by atoms with Crippen LogP contribution in [0.3, 0.4) is 0 Å². The molecule has 1 aliphatic heterocycles. The summed E-state index contributed by atoms with van der Waals surface area (Å²) in [6.07, 6.45) is 2.98. The van der Waals surface area contributed by atoms with Gasteiger partial charge in [-0.1, -0.05) is 42.3 Å². The molecule has 144 valence electrons. The van der Waals surface area contributed by atoms with Crippen molar-refractivity contribution in [1.82, 2.24) is 4.90 Å². The van der Waals surface area contributed by atoms with Gasteiger partial charge in [-0.2, -0.15) is 5.26 Å². The molecule has 4 rings (SSSR count). The number of benzene rings is 2. The number of nitriles is 1. The van der Waals surface area contributed by atoms with Crippen molar-refractivity contribution in [2.24, 2.45) is 0 Å². The van der Waals surface area contributed by atoms with E-state index in [1.54, 1.807) is 0 Å². The van der Waals surface area contributed by atoms with E-state index in [1.807, 2.05) is 48.5 Å². The number of quaternary nitrogens is 1. The topological polar surface area (TPSA) is 48.5 Å². The van der Waals surface area contributed by atoms with Gasteiger partial charge in [0.2, 0.25) is 5.91 Å². The second-order valence-electron chi connectivity index (χ2n) is 7.97. The number of carbonyl (C=O) groups excluding carboxylic acids is 1.